The molecular formula is C11H18N2. The first-order valence-electron chi connectivity index (χ1n) is 5.00. The van der Waals surface area contributed by atoms with Gasteiger partial charge in [-0.15, -0.1) is 0 Å². The van der Waals surface area contributed by atoms with Crippen LogP contribution in [0.15, 0.2) is 18.6 Å². The first kappa shape index (κ1) is 10.2. The van der Waals surface area contributed by atoms with Crippen LogP contribution in [-0.4, -0.2) is 9.97 Å². The predicted octanol–water partition coefficient (Wildman–Crippen LogP) is 3.02. The van der Waals surface area contributed by atoms with E-state index >= 15 is 0 Å². The molecule has 0 spiro atoms. The Bertz CT molecular complexity index is 231. The van der Waals surface area contributed by atoms with Gasteiger partial charge in [-0.3, -0.25) is 9.97 Å². The Morgan fingerprint density at radius 1 is 1.31 bits per heavy atom. The molecule has 1 rings (SSSR count). The quantitative estimate of drug-likeness (QED) is 0.708. The van der Waals surface area contributed by atoms with Crippen molar-refractivity contribution in [3.05, 3.63) is 24.3 Å². The van der Waals surface area contributed by atoms with Crippen molar-refractivity contribution in [2.45, 2.75) is 39.5 Å². The number of rotatable bonds is 4. The molecule has 0 saturated heterocycles. The van der Waals surface area contributed by atoms with Crippen LogP contribution in [0, 0.1) is 5.92 Å². The standard InChI is InChI=1S/C11H18N2/c1-4-10(7-9(2)3)11-8-12-5-6-13-11/h5-6,8-10H,4,7H2,1-3H3. The van der Waals surface area contributed by atoms with Gasteiger partial charge in [-0.25, -0.2) is 0 Å². The van der Waals surface area contributed by atoms with Gasteiger partial charge in [-0.1, -0.05) is 20.8 Å². The Kier molecular flexibility index (Phi) is 3.87. The molecule has 1 unspecified atom stereocenters. The van der Waals surface area contributed by atoms with E-state index < -0.39 is 0 Å². The number of aromatic nitrogens is 2. The van der Waals surface area contributed by atoms with E-state index in [4.69, 9.17) is 0 Å². The molecular weight excluding hydrogens is 160 g/mol. The van der Waals surface area contributed by atoms with Crippen molar-refractivity contribution in [1.82, 2.24) is 9.97 Å². The van der Waals surface area contributed by atoms with Crippen molar-refractivity contribution in [3.8, 4) is 0 Å². The normalized spacial score (nSPS) is 13.2. The Balaban J connectivity index is 2.67. The maximum Gasteiger partial charge on any atom is 0.0617 e. The second-order valence-electron chi connectivity index (χ2n) is 3.86. The Labute approximate surface area is 80.4 Å². The molecule has 0 aliphatic heterocycles. The van der Waals surface area contributed by atoms with E-state index in [2.05, 4.69) is 30.7 Å². The van der Waals surface area contributed by atoms with E-state index in [-0.39, 0.29) is 0 Å². The molecule has 1 aromatic heterocycles. The third kappa shape index (κ3) is 3.13. The maximum atomic E-state index is 4.34. The number of hydrogen-bond donors (Lipinski definition) is 0. The summed E-state index contributed by atoms with van der Waals surface area (Å²) in [5.74, 6) is 1.31. The van der Waals surface area contributed by atoms with Gasteiger partial charge < -0.3 is 0 Å². The van der Waals surface area contributed by atoms with E-state index in [1.165, 1.54) is 6.42 Å². The van der Waals surface area contributed by atoms with E-state index in [0.717, 1.165) is 18.0 Å². The zero-order valence-corrected chi connectivity index (χ0v) is 8.70. The summed E-state index contributed by atoms with van der Waals surface area (Å²) < 4.78 is 0. The summed E-state index contributed by atoms with van der Waals surface area (Å²) in [6.07, 6.45) is 7.74. The van der Waals surface area contributed by atoms with E-state index in [1.54, 1.807) is 12.4 Å². The Morgan fingerprint density at radius 3 is 2.54 bits per heavy atom. The molecule has 1 aromatic rings. The summed E-state index contributed by atoms with van der Waals surface area (Å²) in [5, 5.41) is 0. The zero-order chi connectivity index (χ0) is 9.68. The van der Waals surface area contributed by atoms with Gasteiger partial charge in [0.1, 0.15) is 0 Å². The minimum atomic E-state index is 0.577. The summed E-state index contributed by atoms with van der Waals surface area (Å²) in [7, 11) is 0. The minimum Gasteiger partial charge on any atom is -0.261 e. The first-order valence-corrected chi connectivity index (χ1v) is 5.00. The highest BCUT2D eigenvalue weighted by Gasteiger charge is 2.12. The smallest absolute Gasteiger partial charge is 0.0617 e. The molecule has 13 heavy (non-hydrogen) atoms. The zero-order valence-electron chi connectivity index (χ0n) is 8.70. The molecule has 0 fully saturated rings. The van der Waals surface area contributed by atoms with Crippen LogP contribution in [-0.2, 0) is 0 Å². The van der Waals surface area contributed by atoms with Crippen LogP contribution in [0.5, 0.6) is 0 Å². The fourth-order valence-corrected chi connectivity index (χ4v) is 1.59. The molecule has 0 N–H and O–H groups in total. The molecule has 0 amide bonds. The second-order valence-corrected chi connectivity index (χ2v) is 3.86. The monoisotopic (exact) mass is 178 g/mol. The molecule has 0 bridgehead atoms. The summed E-state index contributed by atoms with van der Waals surface area (Å²) >= 11 is 0. The van der Waals surface area contributed by atoms with Gasteiger partial charge in [-0.05, 0) is 18.8 Å². The molecule has 0 radical (unpaired) electrons. The Morgan fingerprint density at radius 2 is 2.08 bits per heavy atom. The lowest BCUT2D eigenvalue weighted by molar-refractivity contribution is 0.480. The first-order chi connectivity index (χ1) is 6.24. The molecule has 2 nitrogen and oxygen atoms in total. The Hall–Kier alpha value is -0.920. The summed E-state index contributed by atoms with van der Waals surface area (Å²) in [6.45, 7) is 6.71. The topological polar surface area (TPSA) is 25.8 Å². The lowest BCUT2D eigenvalue weighted by atomic mass is 9.92. The molecule has 72 valence electrons. The second kappa shape index (κ2) is 4.95. The van der Waals surface area contributed by atoms with E-state index in [1.807, 2.05) is 6.20 Å². The summed E-state index contributed by atoms with van der Waals surface area (Å²) in [5.41, 5.74) is 1.14. The van der Waals surface area contributed by atoms with Crippen LogP contribution in [0.2, 0.25) is 0 Å². The number of nitrogens with zero attached hydrogens (tertiary/aromatic N) is 2. The van der Waals surface area contributed by atoms with Gasteiger partial charge in [-0.2, -0.15) is 0 Å². The summed E-state index contributed by atoms with van der Waals surface area (Å²) in [6, 6.07) is 0. The van der Waals surface area contributed by atoms with Crippen molar-refractivity contribution in [1.29, 1.82) is 0 Å². The molecule has 0 saturated carbocycles. The fraction of sp³-hybridized carbons (Fsp3) is 0.636. The van der Waals surface area contributed by atoms with E-state index in [9.17, 15) is 0 Å². The van der Waals surface area contributed by atoms with Gasteiger partial charge in [0.15, 0.2) is 0 Å². The van der Waals surface area contributed by atoms with Gasteiger partial charge in [0.2, 0.25) is 0 Å². The highest BCUT2D eigenvalue weighted by molar-refractivity contribution is 5.02. The van der Waals surface area contributed by atoms with Crippen molar-refractivity contribution in [3.63, 3.8) is 0 Å². The average molecular weight is 178 g/mol. The molecule has 2 heteroatoms. The highest BCUT2D eigenvalue weighted by Crippen LogP contribution is 2.24. The summed E-state index contributed by atoms with van der Waals surface area (Å²) in [4.78, 5) is 8.44. The lowest BCUT2D eigenvalue weighted by Crippen LogP contribution is -2.04. The third-order valence-corrected chi connectivity index (χ3v) is 2.25. The lowest BCUT2D eigenvalue weighted by Gasteiger charge is -2.15. The predicted molar refractivity (Wildman–Crippen MR) is 54.5 cm³/mol. The average Bonchev–Trinajstić information content (AvgIpc) is 2.15. The van der Waals surface area contributed by atoms with Gasteiger partial charge in [0, 0.05) is 24.5 Å². The van der Waals surface area contributed by atoms with Crippen LogP contribution < -0.4 is 0 Å². The maximum absolute atomic E-state index is 4.34. The molecule has 1 atom stereocenters. The van der Waals surface area contributed by atoms with Crippen LogP contribution >= 0.6 is 0 Å². The van der Waals surface area contributed by atoms with E-state index in [0.29, 0.717) is 5.92 Å². The largest absolute Gasteiger partial charge is 0.261 e. The minimum absolute atomic E-state index is 0.577. The third-order valence-electron chi connectivity index (χ3n) is 2.25. The molecule has 0 aliphatic rings. The van der Waals surface area contributed by atoms with Crippen molar-refractivity contribution in [2.75, 3.05) is 0 Å². The SMILES string of the molecule is CCC(CC(C)C)c1cnccn1. The van der Waals surface area contributed by atoms with Crippen molar-refractivity contribution >= 4 is 0 Å². The van der Waals surface area contributed by atoms with Gasteiger partial charge in [0.05, 0.1) is 5.69 Å². The van der Waals surface area contributed by atoms with Crippen LogP contribution in [0.1, 0.15) is 45.2 Å². The van der Waals surface area contributed by atoms with Crippen molar-refractivity contribution in [2.24, 2.45) is 5.92 Å². The van der Waals surface area contributed by atoms with Crippen LogP contribution in [0.25, 0.3) is 0 Å². The van der Waals surface area contributed by atoms with Crippen LogP contribution in [0.3, 0.4) is 0 Å². The molecule has 0 aromatic carbocycles. The van der Waals surface area contributed by atoms with Crippen molar-refractivity contribution < 1.29 is 0 Å². The van der Waals surface area contributed by atoms with Gasteiger partial charge >= 0.3 is 0 Å². The molecule has 1 heterocycles. The molecule has 0 aliphatic carbocycles. The number of hydrogen-bond acceptors (Lipinski definition) is 2. The van der Waals surface area contributed by atoms with Crippen LogP contribution in [0.4, 0.5) is 0 Å². The highest BCUT2D eigenvalue weighted by atomic mass is 14.8. The van der Waals surface area contributed by atoms with Gasteiger partial charge in [0.25, 0.3) is 0 Å². The fourth-order valence-electron chi connectivity index (χ4n) is 1.59.